The van der Waals surface area contributed by atoms with Gasteiger partial charge in [0, 0.05) is 30.9 Å². The second kappa shape index (κ2) is 14.3. The highest BCUT2D eigenvalue weighted by molar-refractivity contribution is 5.88. The summed E-state index contributed by atoms with van der Waals surface area (Å²) in [7, 11) is 4.05. The fourth-order valence-corrected chi connectivity index (χ4v) is 4.75. The molecule has 5 nitrogen and oxygen atoms in total. The molecule has 1 unspecified atom stereocenters. The van der Waals surface area contributed by atoms with E-state index in [1.165, 1.54) is 47.7 Å². The van der Waals surface area contributed by atoms with Crippen LogP contribution in [0.5, 0.6) is 0 Å². The van der Waals surface area contributed by atoms with Gasteiger partial charge in [-0.2, -0.15) is 0 Å². The molecule has 0 aliphatic rings. The van der Waals surface area contributed by atoms with Gasteiger partial charge in [-0.25, -0.2) is 4.57 Å². The Hall–Kier alpha value is -2.73. The van der Waals surface area contributed by atoms with Gasteiger partial charge in [-0.05, 0) is 52.9 Å². The predicted molar refractivity (Wildman–Crippen MR) is 156 cm³/mol. The van der Waals surface area contributed by atoms with Crippen molar-refractivity contribution in [2.24, 2.45) is 0 Å². The van der Waals surface area contributed by atoms with Crippen LogP contribution in [0.1, 0.15) is 50.7 Å². The first-order chi connectivity index (χ1) is 17.8. The number of anilines is 1. The number of quaternary nitrogens is 1. The Labute approximate surface area is 223 Å². The maximum atomic E-state index is 10.5. The summed E-state index contributed by atoms with van der Waals surface area (Å²) in [4.78, 5) is 2.54. The van der Waals surface area contributed by atoms with Crippen LogP contribution in [0.25, 0.3) is 22.9 Å². The Balaban J connectivity index is 1.64. The Kier molecular flexibility index (Phi) is 11.1. The lowest BCUT2D eigenvalue weighted by Gasteiger charge is -2.30. The maximum absolute atomic E-state index is 10.5. The minimum atomic E-state index is -0.462. The van der Waals surface area contributed by atoms with Crippen molar-refractivity contribution in [3.8, 4) is 0 Å². The number of unbranched alkanes of at least 4 members (excludes halogenated alkanes) is 2. The Morgan fingerprint density at radius 3 is 2.14 bits per heavy atom. The van der Waals surface area contributed by atoms with Crippen LogP contribution >= 0.6 is 0 Å². The summed E-state index contributed by atoms with van der Waals surface area (Å²) in [6, 6.07) is 17.7. The van der Waals surface area contributed by atoms with Gasteiger partial charge in [-0.3, -0.25) is 0 Å². The van der Waals surface area contributed by atoms with Gasteiger partial charge in [0.1, 0.15) is 13.1 Å². The maximum Gasteiger partial charge on any atom is 0.179 e. The van der Waals surface area contributed by atoms with Crippen molar-refractivity contribution >= 4 is 28.6 Å². The lowest BCUT2D eigenvalue weighted by Crippen LogP contribution is -2.51. The molecule has 1 aromatic heterocycles. The van der Waals surface area contributed by atoms with Gasteiger partial charge in [0.15, 0.2) is 25.0 Å². The lowest BCUT2D eigenvalue weighted by molar-refractivity contribution is -0.896. The summed E-state index contributed by atoms with van der Waals surface area (Å²) in [5.74, 6) is 0. The zero-order chi connectivity index (χ0) is 26.7. The number of likely N-dealkylation sites (N-methyl/N-ethyl adjacent to an activating group) is 1. The molecule has 37 heavy (non-hydrogen) atoms. The summed E-state index contributed by atoms with van der Waals surface area (Å²) in [5, 5.41) is 22.2. The molecule has 3 aromatic rings. The number of hydrogen-bond donors (Lipinski definition) is 2. The van der Waals surface area contributed by atoms with E-state index in [-0.39, 0.29) is 6.61 Å². The summed E-state index contributed by atoms with van der Waals surface area (Å²) in [6.07, 6.45) is 12.8. The number of fused-ring (bicyclic) bond motifs is 1. The fourth-order valence-electron chi connectivity index (χ4n) is 4.75. The first kappa shape index (κ1) is 28.8. The van der Waals surface area contributed by atoms with E-state index >= 15 is 0 Å². The molecule has 0 amide bonds. The van der Waals surface area contributed by atoms with Crippen molar-refractivity contribution in [2.75, 3.05) is 51.8 Å². The zero-order valence-electron chi connectivity index (χ0n) is 23.3. The first-order valence-electron chi connectivity index (χ1n) is 13.9. The van der Waals surface area contributed by atoms with E-state index in [0.29, 0.717) is 24.1 Å². The topological polar surface area (TPSA) is 47.6 Å². The number of benzene rings is 2. The van der Waals surface area contributed by atoms with Crippen molar-refractivity contribution in [1.82, 2.24) is 0 Å². The molecule has 0 radical (unpaired) electrons. The Morgan fingerprint density at radius 1 is 0.865 bits per heavy atom. The number of rotatable bonds is 15. The Morgan fingerprint density at radius 2 is 1.49 bits per heavy atom. The number of aromatic nitrogens is 1. The minimum absolute atomic E-state index is 0.128. The van der Waals surface area contributed by atoms with E-state index in [1.54, 1.807) is 0 Å². The molecule has 0 spiro atoms. The van der Waals surface area contributed by atoms with Crippen LogP contribution in [-0.2, 0) is 6.54 Å². The number of nitrogens with zero attached hydrogens (tertiary/aromatic N) is 3. The van der Waals surface area contributed by atoms with Gasteiger partial charge in [0.2, 0.25) is 0 Å². The molecule has 0 aliphatic carbocycles. The van der Waals surface area contributed by atoms with E-state index in [4.69, 9.17) is 0 Å². The monoisotopic (exact) mass is 505 g/mol. The molecule has 0 bridgehead atoms. The van der Waals surface area contributed by atoms with Crippen LogP contribution in [-0.4, -0.2) is 67.7 Å². The molecule has 0 fully saturated rings. The number of aliphatic hydroxyl groups excluding tert-OH is 2. The van der Waals surface area contributed by atoms with Gasteiger partial charge >= 0.3 is 0 Å². The van der Waals surface area contributed by atoms with E-state index < -0.39 is 6.10 Å². The molecule has 3 rings (SSSR count). The summed E-state index contributed by atoms with van der Waals surface area (Å²) in [6.45, 7) is 8.67. The van der Waals surface area contributed by atoms with Crippen molar-refractivity contribution < 1.29 is 19.3 Å². The molecule has 1 atom stereocenters. The van der Waals surface area contributed by atoms with Crippen molar-refractivity contribution in [2.45, 2.75) is 52.2 Å². The number of hydrogen-bond acceptors (Lipinski definition) is 3. The quantitative estimate of drug-likeness (QED) is 0.222. The third-order valence-electron chi connectivity index (χ3n) is 6.99. The second-order valence-electron chi connectivity index (χ2n) is 10.9. The summed E-state index contributed by atoms with van der Waals surface area (Å²) in [5.41, 5.74) is 3.64. The smallest absolute Gasteiger partial charge is 0.179 e. The van der Waals surface area contributed by atoms with Gasteiger partial charge < -0.3 is 19.6 Å². The molecule has 0 aliphatic heterocycles. The van der Waals surface area contributed by atoms with Gasteiger partial charge in [-0.1, -0.05) is 57.0 Å². The molecule has 2 N–H and O–H groups in total. The highest BCUT2D eigenvalue weighted by Crippen LogP contribution is 2.25. The van der Waals surface area contributed by atoms with E-state index in [2.05, 4.69) is 79.4 Å². The molecule has 1 heterocycles. The molecule has 0 saturated carbocycles. The molecule has 0 saturated heterocycles. The lowest BCUT2D eigenvalue weighted by atomic mass is 10.0. The number of aliphatic hydroxyl groups is 2. The van der Waals surface area contributed by atoms with Crippen molar-refractivity contribution in [3.05, 3.63) is 72.1 Å². The third kappa shape index (κ3) is 9.26. The van der Waals surface area contributed by atoms with Gasteiger partial charge in [-0.15, -0.1) is 0 Å². The van der Waals surface area contributed by atoms with Crippen molar-refractivity contribution in [1.29, 1.82) is 0 Å². The molecule has 5 heteroatoms. The van der Waals surface area contributed by atoms with Crippen LogP contribution < -0.4 is 9.47 Å². The standard InChI is InChI=1S/C32H47N3O2/c1-5-7-17-34(18-8-6-2)31-14-13-29-23-28(11-12-30(29)24-31)10-9-27-15-19-33(20-16-27)25-32(37)26-35(3,4)21-22-36/h9-16,19-20,23-24,32,36-37H,5-8,17-18,21-22,25-26H2,1-4H3/q+2. The largest absolute Gasteiger partial charge is 0.391 e. The molecular weight excluding hydrogens is 458 g/mol. The Bertz CT molecular complexity index is 1120. The first-order valence-corrected chi connectivity index (χ1v) is 13.9. The normalized spacial score (nSPS) is 12.9. The average molecular weight is 506 g/mol. The summed E-state index contributed by atoms with van der Waals surface area (Å²) >= 11 is 0. The highest BCUT2D eigenvalue weighted by Gasteiger charge is 2.22. The fraction of sp³-hybridized carbons (Fsp3) is 0.469. The van der Waals surface area contributed by atoms with E-state index in [0.717, 1.165) is 18.7 Å². The number of pyridine rings is 1. The van der Waals surface area contributed by atoms with Gasteiger partial charge in [0.25, 0.3) is 0 Å². The highest BCUT2D eigenvalue weighted by atomic mass is 16.3. The molecule has 2 aromatic carbocycles. The SMILES string of the molecule is CCCCN(CCCC)c1ccc2cc(/C=C/c3cc[n+](CC(O)C[N+](C)(C)CCO)cc3)ccc2c1. The van der Waals surface area contributed by atoms with Crippen LogP contribution in [0, 0.1) is 0 Å². The van der Waals surface area contributed by atoms with E-state index in [1.807, 2.05) is 31.1 Å². The molecule has 200 valence electrons. The second-order valence-corrected chi connectivity index (χ2v) is 10.9. The van der Waals surface area contributed by atoms with E-state index in [9.17, 15) is 10.2 Å². The molecular formula is C32H47N3O2+2. The average Bonchev–Trinajstić information content (AvgIpc) is 2.87. The van der Waals surface area contributed by atoms with Crippen molar-refractivity contribution in [3.63, 3.8) is 0 Å². The summed E-state index contributed by atoms with van der Waals surface area (Å²) < 4.78 is 2.61. The van der Waals surface area contributed by atoms with Crippen LogP contribution in [0.15, 0.2) is 60.9 Å². The van der Waals surface area contributed by atoms with Gasteiger partial charge in [0.05, 0.1) is 20.7 Å². The van der Waals surface area contributed by atoms with Crippen LogP contribution in [0.2, 0.25) is 0 Å². The van der Waals surface area contributed by atoms with Crippen LogP contribution in [0.3, 0.4) is 0 Å². The minimum Gasteiger partial charge on any atom is -0.391 e. The van der Waals surface area contributed by atoms with Crippen LogP contribution in [0.4, 0.5) is 5.69 Å². The third-order valence-corrected chi connectivity index (χ3v) is 6.99. The predicted octanol–water partition coefficient (Wildman–Crippen LogP) is 5.13. The zero-order valence-corrected chi connectivity index (χ0v) is 23.3.